The smallest absolute Gasteiger partial charge is 0.229 e. The number of hydrogen-bond acceptors (Lipinski definition) is 2. The summed E-state index contributed by atoms with van der Waals surface area (Å²) < 4.78 is 0. The molecule has 0 N–H and O–H groups in total. The van der Waals surface area contributed by atoms with Gasteiger partial charge in [-0.1, -0.05) is 23.2 Å². The molecule has 0 radical (unpaired) electrons. The Labute approximate surface area is 84.4 Å². The number of Topliss-reactive ketones (excluding diaryl/α,β-unsaturated/α-hetero) is 2. The van der Waals surface area contributed by atoms with E-state index >= 15 is 0 Å². The standard InChI is InChI=1S/C9H4Cl2O2/c10-6-1-4-2-8(12)9(13)5(4)3-7(6)11/h1,3H,2H2. The molecular formula is C9H4Cl2O2. The Morgan fingerprint density at radius 1 is 1.08 bits per heavy atom. The van der Waals surface area contributed by atoms with Crippen molar-refractivity contribution in [2.45, 2.75) is 6.42 Å². The molecule has 0 saturated heterocycles. The van der Waals surface area contributed by atoms with Gasteiger partial charge in [-0.2, -0.15) is 0 Å². The van der Waals surface area contributed by atoms with Gasteiger partial charge in [0.25, 0.3) is 0 Å². The fourth-order valence-electron chi connectivity index (χ4n) is 1.35. The Kier molecular flexibility index (Phi) is 1.90. The lowest BCUT2D eigenvalue weighted by molar-refractivity contribution is -0.114. The Bertz CT molecular complexity index is 424. The van der Waals surface area contributed by atoms with Gasteiger partial charge in [-0.25, -0.2) is 0 Å². The summed E-state index contributed by atoms with van der Waals surface area (Å²) in [5.41, 5.74) is 1.06. The van der Waals surface area contributed by atoms with E-state index < -0.39 is 11.6 Å². The summed E-state index contributed by atoms with van der Waals surface area (Å²) in [5.74, 6) is -0.859. The zero-order valence-electron chi connectivity index (χ0n) is 6.43. The van der Waals surface area contributed by atoms with Crippen LogP contribution in [0.2, 0.25) is 10.0 Å². The van der Waals surface area contributed by atoms with Crippen LogP contribution < -0.4 is 0 Å². The van der Waals surface area contributed by atoms with Crippen molar-refractivity contribution in [1.29, 1.82) is 0 Å². The van der Waals surface area contributed by atoms with Gasteiger partial charge in [-0.05, 0) is 17.7 Å². The van der Waals surface area contributed by atoms with Crippen LogP contribution in [0.1, 0.15) is 15.9 Å². The largest absolute Gasteiger partial charge is 0.290 e. The highest BCUT2D eigenvalue weighted by Gasteiger charge is 2.28. The van der Waals surface area contributed by atoms with Gasteiger partial charge in [0, 0.05) is 12.0 Å². The number of fused-ring (bicyclic) bond motifs is 1. The zero-order valence-corrected chi connectivity index (χ0v) is 7.95. The first kappa shape index (κ1) is 8.73. The number of benzene rings is 1. The highest BCUT2D eigenvalue weighted by atomic mass is 35.5. The van der Waals surface area contributed by atoms with Gasteiger partial charge in [0.1, 0.15) is 0 Å². The average Bonchev–Trinajstić information content (AvgIpc) is 2.32. The predicted molar refractivity (Wildman–Crippen MR) is 49.5 cm³/mol. The maximum Gasteiger partial charge on any atom is 0.229 e. The third-order valence-electron chi connectivity index (χ3n) is 2.00. The summed E-state index contributed by atoms with van der Waals surface area (Å²) >= 11 is 11.4. The Balaban J connectivity index is 2.66. The van der Waals surface area contributed by atoms with E-state index in [1.54, 1.807) is 6.07 Å². The summed E-state index contributed by atoms with van der Waals surface area (Å²) in [4.78, 5) is 22.2. The third-order valence-corrected chi connectivity index (χ3v) is 2.72. The second-order valence-electron chi connectivity index (χ2n) is 2.85. The molecule has 13 heavy (non-hydrogen) atoms. The van der Waals surface area contributed by atoms with E-state index in [4.69, 9.17) is 23.2 Å². The molecule has 0 fully saturated rings. The van der Waals surface area contributed by atoms with Gasteiger partial charge < -0.3 is 0 Å². The summed E-state index contributed by atoms with van der Waals surface area (Å²) in [7, 11) is 0. The molecule has 0 bridgehead atoms. The van der Waals surface area contributed by atoms with Crippen molar-refractivity contribution in [3.63, 3.8) is 0 Å². The van der Waals surface area contributed by atoms with E-state index in [2.05, 4.69) is 0 Å². The van der Waals surface area contributed by atoms with E-state index in [1.807, 2.05) is 0 Å². The SMILES string of the molecule is O=C1Cc2cc(Cl)c(Cl)cc2C1=O. The molecule has 66 valence electrons. The Morgan fingerprint density at radius 3 is 2.38 bits per heavy atom. The molecule has 0 spiro atoms. The molecule has 0 unspecified atom stereocenters. The molecule has 0 saturated carbocycles. The highest BCUT2D eigenvalue weighted by Crippen LogP contribution is 2.29. The lowest BCUT2D eigenvalue weighted by Gasteiger charge is -1.98. The van der Waals surface area contributed by atoms with Gasteiger partial charge in [0.15, 0.2) is 0 Å². The van der Waals surface area contributed by atoms with Crippen molar-refractivity contribution in [3.05, 3.63) is 33.3 Å². The quantitative estimate of drug-likeness (QED) is 0.622. The van der Waals surface area contributed by atoms with E-state index in [1.165, 1.54) is 6.07 Å². The fraction of sp³-hybridized carbons (Fsp3) is 0.111. The van der Waals surface area contributed by atoms with E-state index in [0.29, 0.717) is 21.2 Å². The molecule has 0 aliphatic heterocycles. The molecule has 2 rings (SSSR count). The fourth-order valence-corrected chi connectivity index (χ4v) is 1.70. The Hall–Kier alpha value is -0.860. The summed E-state index contributed by atoms with van der Waals surface area (Å²) in [6.45, 7) is 0. The van der Waals surface area contributed by atoms with Crippen molar-refractivity contribution in [2.24, 2.45) is 0 Å². The van der Waals surface area contributed by atoms with Crippen LogP contribution in [0.3, 0.4) is 0 Å². The van der Waals surface area contributed by atoms with E-state index in [-0.39, 0.29) is 6.42 Å². The number of halogens is 2. The molecule has 4 heteroatoms. The van der Waals surface area contributed by atoms with Crippen LogP contribution in [0, 0.1) is 0 Å². The number of carbonyl (C=O) groups excluding carboxylic acids is 2. The van der Waals surface area contributed by atoms with Gasteiger partial charge in [0.05, 0.1) is 10.0 Å². The number of rotatable bonds is 0. The zero-order chi connectivity index (χ0) is 9.59. The number of hydrogen-bond donors (Lipinski definition) is 0. The summed E-state index contributed by atoms with van der Waals surface area (Å²) in [5, 5.41) is 0.686. The molecule has 1 aliphatic rings. The lowest BCUT2D eigenvalue weighted by Crippen LogP contribution is -2.05. The van der Waals surface area contributed by atoms with E-state index in [9.17, 15) is 9.59 Å². The summed E-state index contributed by atoms with van der Waals surface area (Å²) in [6.07, 6.45) is 0.144. The van der Waals surface area contributed by atoms with Crippen molar-refractivity contribution in [1.82, 2.24) is 0 Å². The van der Waals surface area contributed by atoms with Crippen molar-refractivity contribution >= 4 is 34.8 Å². The van der Waals surface area contributed by atoms with Gasteiger partial charge in [-0.3, -0.25) is 9.59 Å². The molecule has 0 heterocycles. The average molecular weight is 215 g/mol. The van der Waals surface area contributed by atoms with Crippen LogP contribution >= 0.6 is 23.2 Å². The second-order valence-corrected chi connectivity index (χ2v) is 3.67. The number of carbonyl (C=O) groups is 2. The molecule has 0 atom stereocenters. The first-order chi connectivity index (χ1) is 6.09. The predicted octanol–water partition coefficient (Wildman–Crippen LogP) is 2.30. The van der Waals surface area contributed by atoms with E-state index in [0.717, 1.165) is 0 Å². The minimum absolute atomic E-state index is 0.144. The first-order valence-electron chi connectivity index (χ1n) is 3.65. The highest BCUT2D eigenvalue weighted by molar-refractivity contribution is 6.49. The Morgan fingerprint density at radius 2 is 1.69 bits per heavy atom. The van der Waals surface area contributed by atoms with Gasteiger partial charge >= 0.3 is 0 Å². The van der Waals surface area contributed by atoms with Crippen LogP contribution in [0.5, 0.6) is 0 Å². The maximum absolute atomic E-state index is 11.2. The lowest BCUT2D eigenvalue weighted by atomic mass is 10.1. The minimum Gasteiger partial charge on any atom is -0.290 e. The molecule has 0 amide bonds. The molecule has 0 aromatic heterocycles. The molecule has 2 nitrogen and oxygen atoms in total. The van der Waals surface area contributed by atoms with Crippen LogP contribution in [0.25, 0.3) is 0 Å². The van der Waals surface area contributed by atoms with Crippen LogP contribution in [0.4, 0.5) is 0 Å². The normalized spacial score (nSPS) is 14.9. The third kappa shape index (κ3) is 1.26. The maximum atomic E-state index is 11.2. The molecule has 1 aromatic rings. The number of ketones is 2. The van der Waals surface area contributed by atoms with Crippen molar-refractivity contribution < 1.29 is 9.59 Å². The molecule has 1 aliphatic carbocycles. The topological polar surface area (TPSA) is 34.1 Å². The van der Waals surface area contributed by atoms with Crippen LogP contribution in [-0.4, -0.2) is 11.6 Å². The van der Waals surface area contributed by atoms with Crippen molar-refractivity contribution in [3.8, 4) is 0 Å². The first-order valence-corrected chi connectivity index (χ1v) is 4.40. The second kappa shape index (κ2) is 2.82. The molecular weight excluding hydrogens is 211 g/mol. The monoisotopic (exact) mass is 214 g/mol. The van der Waals surface area contributed by atoms with Gasteiger partial charge in [-0.15, -0.1) is 0 Å². The van der Waals surface area contributed by atoms with Crippen molar-refractivity contribution in [2.75, 3.05) is 0 Å². The van der Waals surface area contributed by atoms with Crippen LogP contribution in [0.15, 0.2) is 12.1 Å². The molecule has 1 aromatic carbocycles. The van der Waals surface area contributed by atoms with Crippen LogP contribution in [-0.2, 0) is 11.2 Å². The van der Waals surface area contributed by atoms with Gasteiger partial charge in [0.2, 0.25) is 11.6 Å². The summed E-state index contributed by atoms with van der Waals surface area (Å²) in [6, 6.07) is 3.02. The minimum atomic E-state index is -0.464.